The molecule has 2 aliphatic carbocycles. The van der Waals surface area contributed by atoms with Crippen LogP contribution in [0.5, 0.6) is 0 Å². The van der Waals surface area contributed by atoms with Crippen molar-refractivity contribution in [2.75, 3.05) is 0 Å². The first-order chi connectivity index (χ1) is 7.72. The van der Waals surface area contributed by atoms with Crippen molar-refractivity contribution in [3.05, 3.63) is 70.2 Å². The smallest absolute Gasteiger partial charge is 0.0313 e. The van der Waals surface area contributed by atoms with Gasteiger partial charge in [0, 0.05) is 5.92 Å². The fraction of sp³-hybridized carbons (Fsp3) is 0.188. The summed E-state index contributed by atoms with van der Waals surface area (Å²) in [6, 6.07) is 6.72. The summed E-state index contributed by atoms with van der Waals surface area (Å²) in [6.07, 6.45) is 10.1. The predicted molar refractivity (Wildman–Crippen MR) is 69.0 cm³/mol. The molecule has 0 heterocycles. The van der Waals surface area contributed by atoms with Crippen LogP contribution in [0.2, 0.25) is 0 Å². The molecule has 16 heavy (non-hydrogen) atoms. The van der Waals surface area contributed by atoms with Crippen LogP contribution >= 0.6 is 0 Å². The second kappa shape index (κ2) is 3.48. The summed E-state index contributed by atoms with van der Waals surface area (Å²) in [5, 5.41) is 0. The Balaban J connectivity index is 2.09. The van der Waals surface area contributed by atoms with E-state index in [-0.39, 0.29) is 0 Å². The summed E-state index contributed by atoms with van der Waals surface area (Å²) in [5.74, 6) is 1.46. The molecule has 0 aliphatic heterocycles. The molecule has 0 aromatic heterocycles. The molecule has 0 heteroatoms. The van der Waals surface area contributed by atoms with E-state index in [2.05, 4.69) is 56.4 Å². The van der Waals surface area contributed by atoms with Gasteiger partial charge >= 0.3 is 0 Å². The lowest BCUT2D eigenvalue weighted by Crippen LogP contribution is -2.10. The molecule has 0 spiro atoms. The van der Waals surface area contributed by atoms with E-state index in [9.17, 15) is 0 Å². The molecular weight excluding hydrogens is 192 g/mol. The van der Waals surface area contributed by atoms with Gasteiger partial charge in [-0.05, 0) is 37.0 Å². The molecule has 0 atom stereocenters. The minimum Gasteiger partial charge on any atom is -0.0695 e. The van der Waals surface area contributed by atoms with Crippen LogP contribution in [0.1, 0.15) is 23.6 Å². The Labute approximate surface area is 97.0 Å². The minimum absolute atomic E-state index is 1.07. The molecular formula is C16H15. The normalized spacial score (nSPS) is 18.6. The van der Waals surface area contributed by atoms with Gasteiger partial charge in [-0.25, -0.2) is 0 Å². The highest BCUT2D eigenvalue weighted by Crippen LogP contribution is 2.35. The Morgan fingerprint density at radius 2 is 1.88 bits per heavy atom. The Morgan fingerprint density at radius 3 is 2.75 bits per heavy atom. The van der Waals surface area contributed by atoms with Gasteiger partial charge in [0.05, 0.1) is 0 Å². The van der Waals surface area contributed by atoms with Crippen LogP contribution in [0, 0.1) is 12.8 Å². The van der Waals surface area contributed by atoms with Crippen molar-refractivity contribution >= 4 is 6.08 Å². The Morgan fingerprint density at radius 1 is 1.00 bits per heavy atom. The van der Waals surface area contributed by atoms with Crippen molar-refractivity contribution < 1.29 is 0 Å². The second-order valence-electron chi connectivity index (χ2n) is 4.73. The van der Waals surface area contributed by atoms with Crippen LogP contribution in [-0.4, -0.2) is 0 Å². The molecule has 0 saturated carbocycles. The summed E-state index contributed by atoms with van der Waals surface area (Å²) in [7, 11) is 0. The van der Waals surface area contributed by atoms with Crippen molar-refractivity contribution in [1.29, 1.82) is 0 Å². The number of hydrogen-bond acceptors (Lipinski definition) is 0. The standard InChI is InChI=1S/C16H15/c1-11-3-5-13-9-14-6-4-12(2)8-16(14)10-15(13)7-11/h3-9H,10H2,1-2H3. The van der Waals surface area contributed by atoms with Crippen LogP contribution < -0.4 is 0 Å². The number of rotatable bonds is 0. The van der Waals surface area contributed by atoms with Gasteiger partial charge in [-0.2, -0.15) is 0 Å². The number of fused-ring (bicyclic) bond motifs is 2. The largest absolute Gasteiger partial charge is 0.0695 e. The fourth-order valence-electron chi connectivity index (χ4n) is 2.43. The van der Waals surface area contributed by atoms with E-state index in [1.54, 1.807) is 0 Å². The summed E-state index contributed by atoms with van der Waals surface area (Å²) in [5.41, 5.74) is 6.91. The lowest BCUT2D eigenvalue weighted by Gasteiger charge is -2.24. The third-order valence-electron chi connectivity index (χ3n) is 3.29. The molecule has 1 aromatic rings. The van der Waals surface area contributed by atoms with Crippen LogP contribution in [0.15, 0.2) is 47.6 Å². The third kappa shape index (κ3) is 1.55. The monoisotopic (exact) mass is 207 g/mol. The molecule has 0 N–H and O–H groups in total. The average Bonchev–Trinajstić information content (AvgIpc) is 2.26. The quantitative estimate of drug-likeness (QED) is 0.602. The van der Waals surface area contributed by atoms with Gasteiger partial charge in [-0.3, -0.25) is 0 Å². The Hall–Kier alpha value is -1.56. The lowest BCUT2D eigenvalue weighted by molar-refractivity contribution is 1.02. The molecule has 0 fully saturated rings. The first kappa shape index (κ1) is 9.65. The molecule has 0 amide bonds. The lowest BCUT2D eigenvalue weighted by atomic mass is 9.80. The molecule has 0 saturated heterocycles. The van der Waals surface area contributed by atoms with E-state index in [1.807, 2.05) is 0 Å². The zero-order valence-electron chi connectivity index (χ0n) is 9.75. The van der Waals surface area contributed by atoms with Crippen LogP contribution in [0.3, 0.4) is 0 Å². The molecule has 0 nitrogen and oxygen atoms in total. The van der Waals surface area contributed by atoms with Gasteiger partial charge in [0.2, 0.25) is 0 Å². The van der Waals surface area contributed by atoms with Crippen molar-refractivity contribution in [1.82, 2.24) is 0 Å². The maximum Gasteiger partial charge on any atom is 0.0313 e. The number of allylic oxidation sites excluding steroid dienone is 5. The minimum atomic E-state index is 1.07. The van der Waals surface area contributed by atoms with Gasteiger partial charge in [0.15, 0.2) is 0 Å². The first-order valence-electron chi connectivity index (χ1n) is 5.76. The summed E-state index contributed by atoms with van der Waals surface area (Å²) < 4.78 is 0. The van der Waals surface area contributed by atoms with E-state index in [1.165, 1.54) is 33.8 Å². The first-order valence-corrected chi connectivity index (χ1v) is 5.76. The summed E-state index contributed by atoms with van der Waals surface area (Å²) in [4.78, 5) is 0. The van der Waals surface area contributed by atoms with Crippen molar-refractivity contribution in [2.24, 2.45) is 0 Å². The molecule has 79 valence electrons. The highest BCUT2D eigenvalue weighted by molar-refractivity contribution is 5.71. The second-order valence-corrected chi connectivity index (χ2v) is 4.73. The van der Waals surface area contributed by atoms with Crippen molar-refractivity contribution in [3.63, 3.8) is 0 Å². The molecule has 2 aliphatic rings. The van der Waals surface area contributed by atoms with Gasteiger partial charge in [0.1, 0.15) is 0 Å². The zero-order chi connectivity index (χ0) is 11.1. The Kier molecular flexibility index (Phi) is 2.10. The van der Waals surface area contributed by atoms with E-state index in [4.69, 9.17) is 0 Å². The maximum absolute atomic E-state index is 2.30. The van der Waals surface area contributed by atoms with Crippen molar-refractivity contribution in [2.45, 2.75) is 20.3 Å². The summed E-state index contributed by atoms with van der Waals surface area (Å²) >= 11 is 0. The highest BCUT2D eigenvalue weighted by Gasteiger charge is 2.20. The van der Waals surface area contributed by atoms with Gasteiger partial charge < -0.3 is 0 Å². The molecule has 0 bridgehead atoms. The van der Waals surface area contributed by atoms with Gasteiger partial charge in [-0.15, -0.1) is 0 Å². The van der Waals surface area contributed by atoms with E-state index >= 15 is 0 Å². The van der Waals surface area contributed by atoms with Gasteiger partial charge in [0.25, 0.3) is 0 Å². The highest BCUT2D eigenvalue weighted by atomic mass is 14.2. The fourth-order valence-corrected chi connectivity index (χ4v) is 2.43. The van der Waals surface area contributed by atoms with Crippen LogP contribution in [-0.2, 0) is 6.42 Å². The van der Waals surface area contributed by atoms with Crippen LogP contribution in [0.25, 0.3) is 6.08 Å². The van der Waals surface area contributed by atoms with E-state index < -0.39 is 0 Å². The molecule has 3 rings (SSSR count). The molecule has 0 unspecified atom stereocenters. The number of aryl methyl sites for hydroxylation is 1. The van der Waals surface area contributed by atoms with E-state index in [0.717, 1.165) is 6.42 Å². The topological polar surface area (TPSA) is 0 Å². The maximum atomic E-state index is 2.30. The zero-order valence-corrected chi connectivity index (χ0v) is 9.75. The predicted octanol–water partition coefficient (Wildman–Crippen LogP) is 4.03. The SMILES string of the molecule is CC1=C[C]2Cc3cc(C)ccc3C=C2C=C1. The van der Waals surface area contributed by atoms with Crippen LogP contribution in [0.4, 0.5) is 0 Å². The van der Waals surface area contributed by atoms with Gasteiger partial charge in [-0.1, -0.05) is 53.6 Å². The summed E-state index contributed by atoms with van der Waals surface area (Å²) in [6.45, 7) is 4.32. The van der Waals surface area contributed by atoms with Crippen molar-refractivity contribution in [3.8, 4) is 0 Å². The molecule has 1 radical (unpaired) electrons. The number of hydrogen-bond donors (Lipinski definition) is 0. The number of benzene rings is 1. The third-order valence-corrected chi connectivity index (χ3v) is 3.29. The molecule has 1 aromatic carbocycles. The van der Waals surface area contributed by atoms with E-state index in [0.29, 0.717) is 0 Å². The average molecular weight is 207 g/mol. The Bertz CT molecular complexity index is 527.